The molecule has 0 aromatic carbocycles. The van der Waals surface area contributed by atoms with Crippen LogP contribution in [-0.2, 0) is 9.59 Å². The first-order valence-corrected chi connectivity index (χ1v) is 6.12. The second-order valence-corrected chi connectivity index (χ2v) is 4.55. The van der Waals surface area contributed by atoms with Gasteiger partial charge in [0.2, 0.25) is 11.8 Å². The van der Waals surface area contributed by atoms with E-state index in [1.165, 1.54) is 0 Å². The van der Waals surface area contributed by atoms with Crippen molar-refractivity contribution in [2.45, 2.75) is 26.7 Å². The quantitative estimate of drug-likeness (QED) is 0.871. The smallest absolute Gasteiger partial charge is 0.231 e. The minimum absolute atomic E-state index is 0.0494. The van der Waals surface area contributed by atoms with Crippen molar-refractivity contribution in [2.24, 2.45) is 5.92 Å². The Morgan fingerprint density at radius 1 is 1.67 bits per heavy atom. The fraction of sp³-hybridized carbons (Fsp3) is 0.583. The van der Waals surface area contributed by atoms with Gasteiger partial charge in [-0.3, -0.25) is 9.59 Å². The molecule has 0 unspecified atom stereocenters. The van der Waals surface area contributed by atoms with Crippen molar-refractivity contribution in [1.29, 1.82) is 0 Å². The highest BCUT2D eigenvalue weighted by Crippen LogP contribution is 2.20. The van der Waals surface area contributed by atoms with E-state index in [0.29, 0.717) is 24.7 Å². The highest BCUT2D eigenvalue weighted by atomic mass is 16.5. The molecule has 0 aliphatic carbocycles. The van der Waals surface area contributed by atoms with E-state index in [-0.39, 0.29) is 24.2 Å². The molecule has 1 fully saturated rings. The SMILES string of the molecule is CCCN1C[C@@H](C(=O)Nc2cc(C)on2)CC1=O. The molecule has 2 rings (SSSR count). The van der Waals surface area contributed by atoms with Crippen molar-refractivity contribution in [1.82, 2.24) is 10.1 Å². The van der Waals surface area contributed by atoms with Gasteiger partial charge in [-0.05, 0) is 13.3 Å². The Hall–Kier alpha value is -1.85. The van der Waals surface area contributed by atoms with Gasteiger partial charge in [-0.15, -0.1) is 0 Å². The number of anilines is 1. The summed E-state index contributed by atoms with van der Waals surface area (Å²) in [6, 6.07) is 1.65. The second-order valence-electron chi connectivity index (χ2n) is 4.55. The lowest BCUT2D eigenvalue weighted by molar-refractivity contribution is -0.128. The van der Waals surface area contributed by atoms with Crippen molar-refractivity contribution in [3.05, 3.63) is 11.8 Å². The number of nitrogens with one attached hydrogen (secondary N) is 1. The topological polar surface area (TPSA) is 75.4 Å². The summed E-state index contributed by atoms with van der Waals surface area (Å²) < 4.78 is 4.87. The van der Waals surface area contributed by atoms with Crippen LogP contribution >= 0.6 is 0 Å². The van der Waals surface area contributed by atoms with Gasteiger partial charge in [0.05, 0.1) is 5.92 Å². The molecule has 1 atom stereocenters. The van der Waals surface area contributed by atoms with Gasteiger partial charge in [0.1, 0.15) is 5.76 Å². The van der Waals surface area contributed by atoms with Crippen LogP contribution in [0.5, 0.6) is 0 Å². The molecule has 98 valence electrons. The molecule has 0 saturated carbocycles. The number of amides is 2. The van der Waals surface area contributed by atoms with E-state index in [9.17, 15) is 9.59 Å². The van der Waals surface area contributed by atoms with Crippen LogP contribution in [0, 0.1) is 12.8 Å². The van der Waals surface area contributed by atoms with E-state index in [1.807, 2.05) is 6.92 Å². The molecule has 1 aromatic rings. The Morgan fingerprint density at radius 2 is 2.44 bits per heavy atom. The number of rotatable bonds is 4. The van der Waals surface area contributed by atoms with E-state index < -0.39 is 0 Å². The van der Waals surface area contributed by atoms with Crippen molar-refractivity contribution in [3.63, 3.8) is 0 Å². The van der Waals surface area contributed by atoms with Gasteiger partial charge >= 0.3 is 0 Å². The molecule has 1 saturated heterocycles. The largest absolute Gasteiger partial charge is 0.360 e. The Bertz CT molecular complexity index is 455. The van der Waals surface area contributed by atoms with E-state index in [4.69, 9.17) is 4.52 Å². The number of aromatic nitrogens is 1. The summed E-state index contributed by atoms with van der Waals surface area (Å²) in [6.07, 6.45) is 1.19. The number of aryl methyl sites for hydroxylation is 1. The van der Waals surface area contributed by atoms with Gasteiger partial charge in [0, 0.05) is 25.6 Å². The fourth-order valence-electron chi connectivity index (χ4n) is 2.09. The van der Waals surface area contributed by atoms with Gasteiger partial charge in [-0.2, -0.15) is 0 Å². The third-order valence-electron chi connectivity index (χ3n) is 2.96. The molecule has 0 bridgehead atoms. The van der Waals surface area contributed by atoms with E-state index in [0.717, 1.165) is 6.42 Å². The zero-order valence-corrected chi connectivity index (χ0v) is 10.6. The summed E-state index contributed by atoms with van der Waals surface area (Å²) in [7, 11) is 0. The minimum Gasteiger partial charge on any atom is -0.360 e. The number of hydrogen-bond acceptors (Lipinski definition) is 4. The van der Waals surface area contributed by atoms with Crippen LogP contribution in [0.25, 0.3) is 0 Å². The Morgan fingerprint density at radius 3 is 3.06 bits per heavy atom. The van der Waals surface area contributed by atoms with Crippen LogP contribution in [0.1, 0.15) is 25.5 Å². The van der Waals surface area contributed by atoms with Crippen LogP contribution in [0.15, 0.2) is 10.6 Å². The molecule has 6 nitrogen and oxygen atoms in total. The Labute approximate surface area is 105 Å². The normalized spacial score (nSPS) is 19.3. The monoisotopic (exact) mass is 251 g/mol. The standard InChI is InChI=1S/C12H17N3O3/c1-3-4-15-7-9(6-11(15)16)12(17)13-10-5-8(2)18-14-10/h5,9H,3-4,6-7H2,1-2H3,(H,13,14,17)/t9-/m0/s1. The highest BCUT2D eigenvalue weighted by molar-refractivity contribution is 5.96. The van der Waals surface area contributed by atoms with Gasteiger partial charge in [0.25, 0.3) is 0 Å². The fourth-order valence-corrected chi connectivity index (χ4v) is 2.09. The molecule has 1 aliphatic heterocycles. The molecule has 1 aromatic heterocycles. The number of hydrogen-bond donors (Lipinski definition) is 1. The lowest BCUT2D eigenvalue weighted by Gasteiger charge is -2.14. The molecule has 2 amide bonds. The number of likely N-dealkylation sites (tertiary alicyclic amines) is 1. The van der Waals surface area contributed by atoms with Crippen molar-refractivity contribution in [3.8, 4) is 0 Å². The lowest BCUT2D eigenvalue weighted by atomic mass is 10.1. The summed E-state index contributed by atoms with van der Waals surface area (Å²) in [5.74, 6) is 0.629. The van der Waals surface area contributed by atoms with Crippen molar-refractivity contribution >= 4 is 17.6 Å². The van der Waals surface area contributed by atoms with Gasteiger partial charge in [0.15, 0.2) is 5.82 Å². The van der Waals surface area contributed by atoms with Crippen molar-refractivity contribution in [2.75, 3.05) is 18.4 Å². The lowest BCUT2D eigenvalue weighted by Crippen LogP contribution is -2.28. The molecule has 18 heavy (non-hydrogen) atoms. The molecular weight excluding hydrogens is 234 g/mol. The van der Waals surface area contributed by atoms with Gasteiger partial charge < -0.3 is 14.7 Å². The van der Waals surface area contributed by atoms with Crippen LogP contribution in [0.3, 0.4) is 0 Å². The summed E-state index contributed by atoms with van der Waals surface area (Å²) in [4.78, 5) is 25.3. The summed E-state index contributed by atoms with van der Waals surface area (Å²) >= 11 is 0. The first-order chi connectivity index (χ1) is 8.60. The molecule has 0 spiro atoms. The molecule has 1 N–H and O–H groups in total. The highest BCUT2D eigenvalue weighted by Gasteiger charge is 2.33. The summed E-state index contributed by atoms with van der Waals surface area (Å²) in [5.41, 5.74) is 0. The van der Waals surface area contributed by atoms with Gasteiger partial charge in [-0.1, -0.05) is 12.1 Å². The van der Waals surface area contributed by atoms with Crippen LogP contribution < -0.4 is 5.32 Å². The first-order valence-electron chi connectivity index (χ1n) is 6.12. The average Bonchev–Trinajstić information content (AvgIpc) is 2.87. The second kappa shape index (κ2) is 5.20. The van der Waals surface area contributed by atoms with Crippen molar-refractivity contribution < 1.29 is 14.1 Å². The molecule has 0 radical (unpaired) electrons. The van der Waals surface area contributed by atoms with Crippen LogP contribution in [0.2, 0.25) is 0 Å². The molecular formula is C12H17N3O3. The summed E-state index contributed by atoms with van der Waals surface area (Å²) in [5, 5.41) is 6.36. The van der Waals surface area contributed by atoms with Crippen LogP contribution in [0.4, 0.5) is 5.82 Å². The van der Waals surface area contributed by atoms with Crippen LogP contribution in [-0.4, -0.2) is 35.0 Å². The summed E-state index contributed by atoms with van der Waals surface area (Å²) in [6.45, 7) is 4.98. The Balaban J connectivity index is 1.92. The Kier molecular flexibility index (Phi) is 3.64. The maximum absolute atomic E-state index is 11.9. The number of carbonyl (C=O) groups excluding carboxylic acids is 2. The zero-order chi connectivity index (χ0) is 13.1. The zero-order valence-electron chi connectivity index (χ0n) is 10.6. The van der Waals surface area contributed by atoms with E-state index >= 15 is 0 Å². The first kappa shape index (κ1) is 12.6. The molecule has 6 heteroatoms. The maximum Gasteiger partial charge on any atom is 0.231 e. The van der Waals surface area contributed by atoms with Gasteiger partial charge in [-0.25, -0.2) is 0 Å². The minimum atomic E-state index is -0.291. The van der Waals surface area contributed by atoms with E-state index in [2.05, 4.69) is 10.5 Å². The average molecular weight is 251 g/mol. The predicted octanol–water partition coefficient (Wildman–Crippen LogP) is 1.18. The van der Waals surface area contributed by atoms with E-state index in [1.54, 1.807) is 17.9 Å². The third kappa shape index (κ3) is 2.69. The third-order valence-corrected chi connectivity index (χ3v) is 2.96. The molecule has 1 aliphatic rings. The number of nitrogens with zero attached hydrogens (tertiary/aromatic N) is 2. The molecule has 2 heterocycles. The number of carbonyl (C=O) groups is 2. The maximum atomic E-state index is 11.9. The predicted molar refractivity (Wildman–Crippen MR) is 64.8 cm³/mol.